The Morgan fingerprint density at radius 3 is 2.53 bits per heavy atom. The van der Waals surface area contributed by atoms with Crippen molar-refractivity contribution < 1.29 is 0 Å². The van der Waals surface area contributed by atoms with E-state index in [2.05, 4.69) is 22.1 Å². The molecule has 19 heavy (non-hydrogen) atoms. The average molecular weight is 302 g/mol. The third-order valence-electron chi connectivity index (χ3n) is 3.75. The van der Waals surface area contributed by atoms with Crippen molar-refractivity contribution in [1.82, 2.24) is 4.98 Å². The summed E-state index contributed by atoms with van der Waals surface area (Å²) in [6.07, 6.45) is 3.69. The van der Waals surface area contributed by atoms with Gasteiger partial charge in [-0.05, 0) is 31.7 Å². The van der Waals surface area contributed by atoms with Gasteiger partial charge in [-0.2, -0.15) is 0 Å². The number of anilines is 2. The van der Waals surface area contributed by atoms with Crippen molar-refractivity contribution in [1.29, 1.82) is 0 Å². The highest BCUT2D eigenvalue weighted by Crippen LogP contribution is 2.33. The molecule has 0 radical (unpaired) electrons. The molecule has 1 aliphatic rings. The van der Waals surface area contributed by atoms with E-state index in [1.54, 1.807) is 6.07 Å². The molecule has 106 valence electrons. The molecule has 2 heterocycles. The van der Waals surface area contributed by atoms with E-state index in [0.717, 1.165) is 37.2 Å². The first-order valence-corrected chi connectivity index (χ1v) is 7.76. The molecule has 1 fully saturated rings. The van der Waals surface area contributed by atoms with Crippen LogP contribution in [0.2, 0.25) is 10.0 Å². The van der Waals surface area contributed by atoms with Crippen molar-refractivity contribution in [2.45, 2.75) is 33.1 Å². The summed E-state index contributed by atoms with van der Waals surface area (Å²) in [5, 5.41) is 4.40. The Hall–Kier alpha value is -0.670. The van der Waals surface area contributed by atoms with Gasteiger partial charge in [0.15, 0.2) is 0 Å². The third kappa shape index (κ3) is 3.46. The predicted octanol–water partition coefficient (Wildman–Crippen LogP) is 4.45. The highest BCUT2D eigenvalue weighted by molar-refractivity contribution is 6.37. The maximum atomic E-state index is 6.29. The van der Waals surface area contributed by atoms with Gasteiger partial charge in [-0.3, -0.25) is 0 Å². The zero-order valence-corrected chi connectivity index (χ0v) is 13.1. The molecule has 1 saturated heterocycles. The summed E-state index contributed by atoms with van der Waals surface area (Å²) in [6.45, 7) is 7.14. The second kappa shape index (κ2) is 6.67. The van der Waals surface area contributed by atoms with Gasteiger partial charge in [0, 0.05) is 19.6 Å². The van der Waals surface area contributed by atoms with Crippen LogP contribution in [0.5, 0.6) is 0 Å². The molecule has 0 spiro atoms. The molecule has 1 aromatic rings. The molecule has 0 bridgehead atoms. The van der Waals surface area contributed by atoms with Gasteiger partial charge in [0.05, 0.1) is 10.0 Å². The Labute approximate surface area is 125 Å². The van der Waals surface area contributed by atoms with Crippen LogP contribution in [0.1, 0.15) is 33.1 Å². The molecule has 0 amide bonds. The molecule has 1 N–H and O–H groups in total. The smallest absolute Gasteiger partial charge is 0.149 e. The van der Waals surface area contributed by atoms with Crippen LogP contribution in [-0.2, 0) is 0 Å². The lowest BCUT2D eigenvalue weighted by atomic mass is 9.94. The average Bonchev–Trinajstić information content (AvgIpc) is 2.42. The van der Waals surface area contributed by atoms with Crippen molar-refractivity contribution >= 4 is 34.8 Å². The first kappa shape index (κ1) is 14.7. The molecule has 1 aliphatic heterocycles. The highest BCUT2D eigenvalue weighted by Gasteiger charge is 2.21. The van der Waals surface area contributed by atoms with Crippen molar-refractivity contribution in [3.8, 4) is 0 Å². The number of rotatable bonds is 4. The van der Waals surface area contributed by atoms with E-state index in [1.807, 2.05) is 6.92 Å². The number of aromatic nitrogens is 1. The van der Waals surface area contributed by atoms with E-state index in [-0.39, 0.29) is 0 Å². The largest absolute Gasteiger partial charge is 0.369 e. The van der Waals surface area contributed by atoms with Crippen molar-refractivity contribution in [3.63, 3.8) is 0 Å². The molecule has 2 rings (SSSR count). The molecular formula is C14H21Cl2N3. The molecule has 0 aliphatic carbocycles. The molecule has 3 nitrogen and oxygen atoms in total. The van der Waals surface area contributed by atoms with Crippen LogP contribution in [0, 0.1) is 5.92 Å². The van der Waals surface area contributed by atoms with Crippen LogP contribution in [0.3, 0.4) is 0 Å². The minimum atomic E-state index is 0.582. The van der Waals surface area contributed by atoms with Gasteiger partial charge in [0.2, 0.25) is 0 Å². The van der Waals surface area contributed by atoms with Crippen LogP contribution in [0.25, 0.3) is 0 Å². The Kier molecular flexibility index (Phi) is 5.17. The topological polar surface area (TPSA) is 28.2 Å². The highest BCUT2D eigenvalue weighted by atomic mass is 35.5. The Bertz CT molecular complexity index is 429. The first-order valence-electron chi connectivity index (χ1n) is 7.00. The van der Waals surface area contributed by atoms with Crippen LogP contribution < -0.4 is 10.2 Å². The standard InChI is InChI=1S/C14H21Cl2N3/c1-3-10-5-7-19(8-6-10)14-12(16)9-11(15)13(18-14)17-4-2/h9-10H,3-8H2,1-2H3,(H,17,18). The Morgan fingerprint density at radius 2 is 1.95 bits per heavy atom. The summed E-state index contributed by atoms with van der Waals surface area (Å²) in [6, 6.07) is 1.79. The SMILES string of the molecule is CCNc1nc(N2CCC(CC)CC2)c(Cl)cc1Cl. The number of halogens is 2. The Morgan fingerprint density at radius 1 is 1.26 bits per heavy atom. The second-order valence-electron chi connectivity index (χ2n) is 4.99. The third-order valence-corrected chi connectivity index (χ3v) is 4.31. The van der Waals surface area contributed by atoms with E-state index in [0.29, 0.717) is 10.0 Å². The predicted molar refractivity (Wildman–Crippen MR) is 83.6 cm³/mol. The molecule has 0 atom stereocenters. The van der Waals surface area contributed by atoms with Gasteiger partial charge < -0.3 is 10.2 Å². The van der Waals surface area contributed by atoms with E-state index in [9.17, 15) is 0 Å². The maximum Gasteiger partial charge on any atom is 0.149 e. The quantitative estimate of drug-likeness (QED) is 0.891. The minimum Gasteiger partial charge on any atom is -0.369 e. The fraction of sp³-hybridized carbons (Fsp3) is 0.643. The van der Waals surface area contributed by atoms with Gasteiger partial charge in [-0.1, -0.05) is 36.5 Å². The van der Waals surface area contributed by atoms with Crippen molar-refractivity contribution in [2.24, 2.45) is 5.92 Å². The lowest BCUT2D eigenvalue weighted by molar-refractivity contribution is 0.394. The van der Waals surface area contributed by atoms with E-state index in [1.165, 1.54) is 19.3 Å². The van der Waals surface area contributed by atoms with E-state index >= 15 is 0 Å². The van der Waals surface area contributed by atoms with Gasteiger partial charge in [0.1, 0.15) is 11.6 Å². The summed E-state index contributed by atoms with van der Waals surface area (Å²) in [5.74, 6) is 2.42. The fourth-order valence-corrected chi connectivity index (χ4v) is 3.07. The van der Waals surface area contributed by atoms with Crippen molar-refractivity contribution in [2.75, 3.05) is 29.9 Å². The van der Waals surface area contributed by atoms with Crippen LogP contribution in [-0.4, -0.2) is 24.6 Å². The number of hydrogen-bond donors (Lipinski definition) is 1. The Balaban J connectivity index is 2.17. The van der Waals surface area contributed by atoms with E-state index in [4.69, 9.17) is 23.2 Å². The summed E-state index contributed by atoms with van der Waals surface area (Å²) in [7, 11) is 0. The second-order valence-corrected chi connectivity index (χ2v) is 5.81. The van der Waals surface area contributed by atoms with Crippen LogP contribution >= 0.6 is 23.2 Å². The van der Waals surface area contributed by atoms with Gasteiger partial charge in [0.25, 0.3) is 0 Å². The van der Waals surface area contributed by atoms with Crippen molar-refractivity contribution in [3.05, 3.63) is 16.1 Å². The number of piperidine rings is 1. The summed E-state index contributed by atoms with van der Waals surface area (Å²) >= 11 is 12.4. The van der Waals surface area contributed by atoms with Crippen LogP contribution in [0.4, 0.5) is 11.6 Å². The molecule has 0 aromatic carbocycles. The van der Waals surface area contributed by atoms with E-state index < -0.39 is 0 Å². The summed E-state index contributed by atoms with van der Waals surface area (Å²) < 4.78 is 0. The molecule has 0 unspecified atom stereocenters. The monoisotopic (exact) mass is 301 g/mol. The number of nitrogens with one attached hydrogen (secondary N) is 1. The molecule has 5 heteroatoms. The number of hydrogen-bond acceptors (Lipinski definition) is 3. The molecular weight excluding hydrogens is 281 g/mol. The van der Waals surface area contributed by atoms with Gasteiger partial charge in [-0.15, -0.1) is 0 Å². The zero-order valence-electron chi connectivity index (χ0n) is 11.5. The fourth-order valence-electron chi connectivity index (χ4n) is 2.52. The van der Waals surface area contributed by atoms with Crippen LogP contribution in [0.15, 0.2) is 6.07 Å². The molecule has 1 aromatic heterocycles. The first-order chi connectivity index (χ1) is 9.15. The lowest BCUT2D eigenvalue weighted by Gasteiger charge is -2.33. The summed E-state index contributed by atoms with van der Waals surface area (Å²) in [4.78, 5) is 6.86. The summed E-state index contributed by atoms with van der Waals surface area (Å²) in [5.41, 5.74) is 0. The zero-order chi connectivity index (χ0) is 13.8. The minimum absolute atomic E-state index is 0.582. The number of pyridine rings is 1. The molecule has 0 saturated carbocycles. The number of nitrogens with zero attached hydrogens (tertiary/aromatic N) is 2. The normalized spacial score (nSPS) is 16.7. The lowest BCUT2D eigenvalue weighted by Crippen LogP contribution is -2.34. The van der Waals surface area contributed by atoms with Gasteiger partial charge >= 0.3 is 0 Å². The maximum absolute atomic E-state index is 6.29. The van der Waals surface area contributed by atoms with Gasteiger partial charge in [-0.25, -0.2) is 4.98 Å².